The smallest absolute Gasteiger partial charge is 0.306 e. The van der Waals surface area contributed by atoms with E-state index in [2.05, 4.69) is 47.9 Å². The molecular formula is C15H11Br2ClN2O. The number of fused-ring (bicyclic) bond motifs is 1. The third-order valence-corrected chi connectivity index (χ3v) is 4.90. The Bertz CT molecular complexity index is 865. The topological polar surface area (TPSA) is 48.6 Å². The Morgan fingerprint density at radius 1 is 1.05 bits per heavy atom. The molecule has 3 nitrogen and oxygen atoms in total. The van der Waals surface area contributed by atoms with Gasteiger partial charge in [0.05, 0.1) is 16.4 Å². The molecule has 0 aliphatic heterocycles. The van der Waals surface area contributed by atoms with Crippen molar-refractivity contribution in [3.8, 4) is 0 Å². The lowest BCUT2D eigenvalue weighted by Crippen LogP contribution is -1.99. The number of halogens is 3. The molecule has 2 aromatic carbocycles. The molecule has 1 unspecified atom stereocenters. The van der Waals surface area contributed by atoms with Crippen LogP contribution in [-0.4, -0.2) is 9.97 Å². The number of imidazole rings is 1. The molecule has 0 spiro atoms. The largest absolute Gasteiger partial charge is 0.323 e. The predicted molar refractivity (Wildman–Crippen MR) is 93.2 cm³/mol. The van der Waals surface area contributed by atoms with Crippen LogP contribution >= 0.6 is 43.5 Å². The quantitative estimate of drug-likeness (QED) is 0.551. The van der Waals surface area contributed by atoms with E-state index in [1.807, 2.05) is 31.2 Å². The van der Waals surface area contributed by atoms with E-state index < -0.39 is 0 Å². The van der Waals surface area contributed by atoms with Crippen LogP contribution in [0, 0.1) is 6.92 Å². The van der Waals surface area contributed by atoms with E-state index in [-0.39, 0.29) is 11.1 Å². The minimum Gasteiger partial charge on any atom is -0.306 e. The third-order valence-electron chi connectivity index (χ3n) is 3.26. The molecule has 1 aromatic heterocycles. The Kier molecular flexibility index (Phi) is 3.99. The second kappa shape index (κ2) is 5.63. The van der Waals surface area contributed by atoms with Crippen LogP contribution in [0.25, 0.3) is 11.0 Å². The Morgan fingerprint density at radius 3 is 2.38 bits per heavy atom. The Hall–Kier alpha value is -1.04. The molecule has 0 aliphatic carbocycles. The molecule has 3 aromatic rings. The van der Waals surface area contributed by atoms with Crippen LogP contribution in [0.4, 0.5) is 0 Å². The fraction of sp³-hybridized carbons (Fsp3) is 0.133. The van der Waals surface area contributed by atoms with E-state index in [1.165, 1.54) is 0 Å². The van der Waals surface area contributed by atoms with Crippen LogP contribution in [0.2, 0.25) is 0 Å². The van der Waals surface area contributed by atoms with Gasteiger partial charge in [0.2, 0.25) is 0 Å². The zero-order valence-electron chi connectivity index (χ0n) is 11.0. The molecule has 21 heavy (non-hydrogen) atoms. The summed E-state index contributed by atoms with van der Waals surface area (Å²) in [6, 6.07) is 9.85. The van der Waals surface area contributed by atoms with Crippen LogP contribution < -0.4 is 5.69 Å². The van der Waals surface area contributed by atoms with Crippen LogP contribution in [0.5, 0.6) is 0 Å². The first-order valence-corrected chi connectivity index (χ1v) is 8.29. The van der Waals surface area contributed by atoms with Gasteiger partial charge in [-0.3, -0.25) is 0 Å². The molecule has 108 valence electrons. The molecule has 2 N–H and O–H groups in total. The van der Waals surface area contributed by atoms with E-state index in [1.54, 1.807) is 0 Å². The molecule has 1 atom stereocenters. The molecule has 6 heteroatoms. The minimum atomic E-state index is -0.307. The van der Waals surface area contributed by atoms with Gasteiger partial charge < -0.3 is 9.97 Å². The number of benzene rings is 2. The number of aryl methyl sites for hydroxylation is 1. The van der Waals surface area contributed by atoms with Gasteiger partial charge in [-0.05, 0) is 47.9 Å². The number of aromatic amines is 2. The molecule has 0 saturated carbocycles. The van der Waals surface area contributed by atoms with E-state index in [0.717, 1.165) is 36.7 Å². The van der Waals surface area contributed by atoms with Gasteiger partial charge in [-0.2, -0.15) is 0 Å². The number of alkyl halides is 1. The van der Waals surface area contributed by atoms with Gasteiger partial charge in [-0.25, -0.2) is 4.79 Å². The maximum atomic E-state index is 11.4. The second-order valence-corrected chi connectivity index (χ2v) is 7.13. The van der Waals surface area contributed by atoms with Crippen molar-refractivity contribution in [2.75, 3.05) is 0 Å². The lowest BCUT2D eigenvalue weighted by Gasteiger charge is -2.14. The first-order chi connectivity index (χ1) is 9.94. The number of hydrogen-bond donors (Lipinski definition) is 2. The van der Waals surface area contributed by atoms with Gasteiger partial charge in [0.1, 0.15) is 0 Å². The average molecular weight is 431 g/mol. The van der Waals surface area contributed by atoms with Gasteiger partial charge in [0.15, 0.2) is 0 Å². The SMILES string of the molecule is Cc1cc(Br)cc(C(Cl)c2cc3[nH]c(=O)[nH]c3cc2Br)c1. The zero-order chi connectivity index (χ0) is 15.1. The second-order valence-electron chi connectivity index (χ2n) is 4.92. The lowest BCUT2D eigenvalue weighted by atomic mass is 10.0. The summed E-state index contributed by atoms with van der Waals surface area (Å²) < 4.78 is 1.86. The molecule has 0 aliphatic rings. The number of aromatic nitrogens is 2. The van der Waals surface area contributed by atoms with E-state index in [4.69, 9.17) is 11.6 Å². The van der Waals surface area contributed by atoms with E-state index in [9.17, 15) is 4.79 Å². The summed E-state index contributed by atoms with van der Waals surface area (Å²) in [5, 5.41) is -0.307. The van der Waals surface area contributed by atoms with Crippen LogP contribution in [-0.2, 0) is 0 Å². The monoisotopic (exact) mass is 428 g/mol. The Balaban J connectivity index is 2.13. The average Bonchev–Trinajstić information content (AvgIpc) is 2.75. The summed E-state index contributed by atoms with van der Waals surface area (Å²) >= 11 is 13.7. The van der Waals surface area contributed by atoms with Crippen LogP contribution in [0.15, 0.2) is 44.1 Å². The molecule has 0 radical (unpaired) electrons. The Morgan fingerprint density at radius 2 is 1.71 bits per heavy atom. The Labute approximate surface area is 143 Å². The summed E-state index contributed by atoms with van der Waals surface area (Å²) in [5.41, 5.74) is 4.33. The highest BCUT2D eigenvalue weighted by Crippen LogP contribution is 2.36. The number of H-pyrrole nitrogens is 2. The summed E-state index contributed by atoms with van der Waals surface area (Å²) in [6.07, 6.45) is 0. The molecular weight excluding hydrogens is 419 g/mol. The van der Waals surface area contributed by atoms with Gasteiger partial charge in [-0.1, -0.05) is 37.9 Å². The molecule has 0 saturated heterocycles. The first kappa shape index (κ1) is 14.9. The maximum absolute atomic E-state index is 11.4. The van der Waals surface area contributed by atoms with Crippen molar-refractivity contribution in [2.24, 2.45) is 0 Å². The highest BCUT2D eigenvalue weighted by Gasteiger charge is 2.16. The zero-order valence-corrected chi connectivity index (χ0v) is 14.9. The normalized spacial score (nSPS) is 12.8. The van der Waals surface area contributed by atoms with E-state index >= 15 is 0 Å². The standard InChI is InChI=1S/C15H11Br2ClN2O/c1-7-2-8(4-9(16)3-7)14(18)10-5-12-13(6-11(10)17)20-15(21)19-12/h2-6,14H,1H3,(H2,19,20,21). The number of rotatable bonds is 2. The fourth-order valence-corrected chi connectivity index (χ4v) is 3.99. The molecule has 0 fully saturated rings. The van der Waals surface area contributed by atoms with Crippen molar-refractivity contribution in [3.63, 3.8) is 0 Å². The molecule has 3 rings (SSSR count). The van der Waals surface area contributed by atoms with Crippen molar-refractivity contribution >= 4 is 54.5 Å². The number of nitrogens with one attached hydrogen (secondary N) is 2. The third kappa shape index (κ3) is 2.96. The summed E-state index contributed by atoms with van der Waals surface area (Å²) in [5.74, 6) is 0. The van der Waals surface area contributed by atoms with Gasteiger partial charge in [-0.15, -0.1) is 11.6 Å². The first-order valence-electron chi connectivity index (χ1n) is 6.26. The predicted octanol–water partition coefficient (Wildman–Crippen LogP) is 5.02. The van der Waals surface area contributed by atoms with Gasteiger partial charge >= 0.3 is 5.69 Å². The fourth-order valence-electron chi connectivity index (χ4n) is 2.36. The lowest BCUT2D eigenvalue weighted by molar-refractivity contribution is 1.12. The maximum Gasteiger partial charge on any atom is 0.323 e. The van der Waals surface area contributed by atoms with Crippen molar-refractivity contribution in [1.82, 2.24) is 9.97 Å². The molecule has 0 bridgehead atoms. The van der Waals surface area contributed by atoms with Crippen molar-refractivity contribution in [1.29, 1.82) is 0 Å². The molecule has 1 heterocycles. The van der Waals surface area contributed by atoms with Crippen LogP contribution in [0.3, 0.4) is 0 Å². The van der Waals surface area contributed by atoms with Gasteiger partial charge in [0, 0.05) is 8.95 Å². The van der Waals surface area contributed by atoms with Crippen molar-refractivity contribution in [3.05, 3.63) is 66.5 Å². The number of hydrogen-bond acceptors (Lipinski definition) is 1. The summed E-state index contributed by atoms with van der Waals surface area (Å²) in [7, 11) is 0. The highest BCUT2D eigenvalue weighted by molar-refractivity contribution is 9.10. The minimum absolute atomic E-state index is 0.224. The summed E-state index contributed by atoms with van der Waals surface area (Å²) in [4.78, 5) is 16.9. The summed E-state index contributed by atoms with van der Waals surface area (Å²) in [6.45, 7) is 2.03. The van der Waals surface area contributed by atoms with Crippen LogP contribution in [0.1, 0.15) is 22.1 Å². The van der Waals surface area contributed by atoms with E-state index in [0.29, 0.717) is 0 Å². The van der Waals surface area contributed by atoms with Gasteiger partial charge in [0.25, 0.3) is 0 Å². The highest BCUT2D eigenvalue weighted by atomic mass is 79.9. The van der Waals surface area contributed by atoms with Crippen molar-refractivity contribution < 1.29 is 0 Å². The molecule has 0 amide bonds. The van der Waals surface area contributed by atoms with Crippen molar-refractivity contribution in [2.45, 2.75) is 12.3 Å².